The smallest absolute Gasteiger partial charge is 0.251 e. The summed E-state index contributed by atoms with van der Waals surface area (Å²) in [6, 6.07) is 6.73. The van der Waals surface area contributed by atoms with E-state index in [0.717, 1.165) is 4.47 Å². The molecule has 1 aromatic carbocycles. The van der Waals surface area contributed by atoms with Gasteiger partial charge >= 0.3 is 0 Å². The van der Waals surface area contributed by atoms with Crippen molar-refractivity contribution in [3.05, 3.63) is 46.3 Å². The van der Waals surface area contributed by atoms with Gasteiger partial charge in [0.1, 0.15) is 12.0 Å². The maximum absolute atomic E-state index is 11.8. The molecular formula is C11H10BrN3O2. The molecule has 1 amide bonds. The van der Waals surface area contributed by atoms with E-state index < -0.39 is 0 Å². The lowest BCUT2D eigenvalue weighted by Gasteiger charge is -2.04. The van der Waals surface area contributed by atoms with Crippen LogP contribution >= 0.6 is 15.9 Å². The topological polar surface area (TPSA) is 81.2 Å². The fourth-order valence-electron chi connectivity index (χ4n) is 1.29. The van der Waals surface area contributed by atoms with Crippen LogP contribution in [0.2, 0.25) is 0 Å². The Morgan fingerprint density at radius 1 is 1.47 bits per heavy atom. The van der Waals surface area contributed by atoms with Crippen molar-refractivity contribution in [3.8, 4) is 0 Å². The van der Waals surface area contributed by atoms with Crippen molar-refractivity contribution in [2.75, 3.05) is 5.73 Å². The van der Waals surface area contributed by atoms with Crippen molar-refractivity contribution in [3.63, 3.8) is 0 Å². The van der Waals surface area contributed by atoms with Gasteiger partial charge in [-0.05, 0) is 34.1 Å². The Morgan fingerprint density at radius 3 is 2.94 bits per heavy atom. The lowest BCUT2D eigenvalue weighted by Crippen LogP contribution is -2.23. The monoisotopic (exact) mass is 295 g/mol. The van der Waals surface area contributed by atoms with Gasteiger partial charge in [0.15, 0.2) is 0 Å². The van der Waals surface area contributed by atoms with Gasteiger partial charge in [0.2, 0.25) is 0 Å². The van der Waals surface area contributed by atoms with E-state index >= 15 is 0 Å². The summed E-state index contributed by atoms with van der Waals surface area (Å²) in [6.07, 6.45) is 1.46. The first-order valence-electron chi connectivity index (χ1n) is 4.89. The number of anilines is 1. The second-order valence-electron chi connectivity index (χ2n) is 3.41. The summed E-state index contributed by atoms with van der Waals surface area (Å²) in [6.45, 7) is 0.325. The number of carbonyl (C=O) groups is 1. The molecule has 88 valence electrons. The van der Waals surface area contributed by atoms with Gasteiger partial charge in [0, 0.05) is 21.8 Å². The molecular weight excluding hydrogens is 286 g/mol. The molecule has 5 nitrogen and oxygen atoms in total. The number of hydrogen-bond donors (Lipinski definition) is 2. The molecule has 0 aliphatic carbocycles. The highest BCUT2D eigenvalue weighted by atomic mass is 79.9. The van der Waals surface area contributed by atoms with Crippen LogP contribution in [0.4, 0.5) is 5.69 Å². The van der Waals surface area contributed by atoms with Crippen LogP contribution in [0.1, 0.15) is 16.1 Å². The van der Waals surface area contributed by atoms with Gasteiger partial charge in [0.25, 0.3) is 5.91 Å². The number of benzene rings is 1. The predicted molar refractivity (Wildman–Crippen MR) is 66.2 cm³/mol. The molecule has 0 atom stereocenters. The summed E-state index contributed by atoms with van der Waals surface area (Å²) in [5.41, 5.74) is 7.40. The van der Waals surface area contributed by atoms with Crippen molar-refractivity contribution in [2.45, 2.75) is 6.54 Å². The maximum Gasteiger partial charge on any atom is 0.251 e. The van der Waals surface area contributed by atoms with E-state index in [4.69, 9.17) is 5.73 Å². The van der Waals surface area contributed by atoms with Crippen molar-refractivity contribution in [1.29, 1.82) is 0 Å². The molecule has 1 heterocycles. The van der Waals surface area contributed by atoms with Crippen molar-refractivity contribution in [1.82, 2.24) is 10.5 Å². The van der Waals surface area contributed by atoms with E-state index in [1.807, 2.05) is 0 Å². The minimum atomic E-state index is -0.202. The van der Waals surface area contributed by atoms with Crippen LogP contribution in [0.5, 0.6) is 0 Å². The van der Waals surface area contributed by atoms with Crippen molar-refractivity contribution >= 4 is 27.5 Å². The Labute approximate surface area is 106 Å². The number of halogens is 1. The number of hydrogen-bond acceptors (Lipinski definition) is 4. The number of nitrogen functional groups attached to an aromatic ring is 1. The highest BCUT2D eigenvalue weighted by Crippen LogP contribution is 2.20. The fraction of sp³-hybridized carbons (Fsp3) is 0.0909. The summed E-state index contributed by atoms with van der Waals surface area (Å²) in [5.74, 6) is -0.202. The van der Waals surface area contributed by atoms with Gasteiger partial charge in [-0.25, -0.2) is 0 Å². The van der Waals surface area contributed by atoms with Gasteiger partial charge in [0.05, 0.1) is 6.54 Å². The van der Waals surface area contributed by atoms with Crippen LogP contribution in [0.25, 0.3) is 0 Å². The normalized spacial score (nSPS) is 10.2. The first kappa shape index (κ1) is 11.7. The molecule has 0 bridgehead atoms. The van der Waals surface area contributed by atoms with Crippen LogP contribution in [0.3, 0.4) is 0 Å². The Kier molecular flexibility index (Phi) is 3.43. The van der Waals surface area contributed by atoms with Gasteiger partial charge in [-0.2, -0.15) is 0 Å². The van der Waals surface area contributed by atoms with Crippen LogP contribution < -0.4 is 11.1 Å². The lowest BCUT2D eigenvalue weighted by atomic mass is 10.2. The summed E-state index contributed by atoms with van der Waals surface area (Å²) >= 11 is 3.27. The van der Waals surface area contributed by atoms with Crippen molar-refractivity contribution < 1.29 is 9.32 Å². The molecule has 0 radical (unpaired) electrons. The molecule has 3 N–H and O–H groups in total. The number of nitrogens with two attached hydrogens (primary N) is 1. The Balaban J connectivity index is 2.02. The number of rotatable bonds is 3. The first-order valence-corrected chi connectivity index (χ1v) is 5.68. The standard InChI is InChI=1S/C11H10BrN3O2/c12-9-2-1-7(5-10(9)13)11(16)14-6-8-3-4-17-15-8/h1-5H,6,13H2,(H,14,16). The second-order valence-corrected chi connectivity index (χ2v) is 4.26. The highest BCUT2D eigenvalue weighted by Gasteiger charge is 2.07. The summed E-state index contributed by atoms with van der Waals surface area (Å²) < 4.78 is 5.43. The number of aromatic nitrogens is 1. The third kappa shape index (κ3) is 2.85. The van der Waals surface area contributed by atoms with Gasteiger partial charge in [-0.3, -0.25) is 4.79 Å². The quantitative estimate of drug-likeness (QED) is 0.848. The average Bonchev–Trinajstić information content (AvgIpc) is 2.82. The van der Waals surface area contributed by atoms with E-state index in [1.54, 1.807) is 24.3 Å². The molecule has 0 unspecified atom stereocenters. The molecule has 0 saturated heterocycles. The zero-order valence-corrected chi connectivity index (χ0v) is 10.4. The highest BCUT2D eigenvalue weighted by molar-refractivity contribution is 9.10. The zero-order chi connectivity index (χ0) is 12.3. The first-order chi connectivity index (χ1) is 8.16. The van der Waals surface area contributed by atoms with Crippen LogP contribution in [0, 0.1) is 0 Å². The molecule has 2 aromatic rings. The predicted octanol–water partition coefficient (Wildman–Crippen LogP) is 1.95. The molecule has 1 aromatic heterocycles. The molecule has 0 spiro atoms. The lowest BCUT2D eigenvalue weighted by molar-refractivity contribution is 0.0950. The SMILES string of the molecule is Nc1cc(C(=O)NCc2ccon2)ccc1Br. The van der Waals surface area contributed by atoms with Crippen LogP contribution in [-0.2, 0) is 6.54 Å². The minimum absolute atomic E-state index is 0.202. The van der Waals surface area contributed by atoms with E-state index in [9.17, 15) is 4.79 Å². The number of amides is 1. The van der Waals surface area contributed by atoms with E-state index in [0.29, 0.717) is 23.5 Å². The Bertz CT molecular complexity index is 526. The van der Waals surface area contributed by atoms with Gasteiger partial charge < -0.3 is 15.6 Å². The fourth-order valence-corrected chi connectivity index (χ4v) is 1.53. The largest absolute Gasteiger partial charge is 0.398 e. The summed E-state index contributed by atoms with van der Waals surface area (Å²) in [4.78, 5) is 11.8. The molecule has 0 aliphatic rings. The second kappa shape index (κ2) is 5.01. The maximum atomic E-state index is 11.8. The van der Waals surface area contributed by atoms with Crippen LogP contribution in [-0.4, -0.2) is 11.1 Å². The Hall–Kier alpha value is -1.82. The zero-order valence-electron chi connectivity index (χ0n) is 8.81. The molecule has 6 heteroatoms. The van der Waals surface area contributed by atoms with Crippen LogP contribution in [0.15, 0.2) is 39.5 Å². The van der Waals surface area contributed by atoms with Gasteiger partial charge in [-0.1, -0.05) is 5.16 Å². The van der Waals surface area contributed by atoms with E-state index in [2.05, 4.69) is 30.9 Å². The Morgan fingerprint density at radius 2 is 2.29 bits per heavy atom. The minimum Gasteiger partial charge on any atom is -0.398 e. The average molecular weight is 296 g/mol. The molecule has 2 rings (SSSR count). The number of carbonyl (C=O) groups excluding carboxylic acids is 1. The number of nitrogens with one attached hydrogen (secondary N) is 1. The molecule has 17 heavy (non-hydrogen) atoms. The van der Waals surface area contributed by atoms with Crippen molar-refractivity contribution in [2.24, 2.45) is 0 Å². The number of nitrogens with zero attached hydrogens (tertiary/aromatic N) is 1. The van der Waals surface area contributed by atoms with Gasteiger partial charge in [-0.15, -0.1) is 0 Å². The molecule has 0 saturated carbocycles. The third-order valence-electron chi connectivity index (χ3n) is 2.18. The molecule has 0 aliphatic heterocycles. The summed E-state index contributed by atoms with van der Waals surface area (Å²) in [5, 5.41) is 6.41. The van der Waals surface area contributed by atoms with E-state index in [1.165, 1.54) is 6.26 Å². The van der Waals surface area contributed by atoms with E-state index in [-0.39, 0.29) is 5.91 Å². The molecule has 0 fully saturated rings. The summed E-state index contributed by atoms with van der Waals surface area (Å²) in [7, 11) is 0. The third-order valence-corrected chi connectivity index (χ3v) is 2.90.